The lowest BCUT2D eigenvalue weighted by Crippen LogP contribution is -2.34. The molecule has 0 radical (unpaired) electrons. The topological polar surface area (TPSA) is 139 Å². The highest BCUT2D eigenvalue weighted by atomic mass is 16.6. The molecule has 11 nitrogen and oxygen atoms in total. The number of nitrogens with one attached hydrogen (secondary N) is 2. The zero-order valence-electron chi connectivity index (χ0n) is 17.8. The van der Waals surface area contributed by atoms with Gasteiger partial charge >= 0.3 is 6.09 Å². The largest absolute Gasteiger partial charge is 0.443 e. The van der Waals surface area contributed by atoms with E-state index in [0.717, 1.165) is 11.3 Å². The number of H-pyrrole nitrogens is 1. The van der Waals surface area contributed by atoms with E-state index in [-0.39, 0.29) is 17.5 Å². The number of nitro benzene ring substituents is 1. The molecule has 3 rings (SSSR count). The smallest absolute Gasteiger partial charge is 0.422 e. The lowest BCUT2D eigenvalue weighted by Gasteiger charge is -2.25. The van der Waals surface area contributed by atoms with Gasteiger partial charge in [0.05, 0.1) is 10.6 Å². The van der Waals surface area contributed by atoms with Gasteiger partial charge in [0, 0.05) is 36.2 Å². The average Bonchev–Trinajstić information content (AvgIpc) is 3.08. The van der Waals surface area contributed by atoms with Crippen LogP contribution in [0.25, 0.3) is 0 Å². The Labute approximate surface area is 178 Å². The fraction of sp³-hybridized carbons (Fsp3) is 0.300. The van der Waals surface area contributed by atoms with E-state index in [1.165, 1.54) is 23.2 Å². The van der Waals surface area contributed by atoms with Gasteiger partial charge in [-0.15, -0.1) is 0 Å². The van der Waals surface area contributed by atoms with Crippen molar-refractivity contribution in [3.63, 3.8) is 0 Å². The summed E-state index contributed by atoms with van der Waals surface area (Å²) in [5.41, 5.74) is 1.21. The first kappa shape index (κ1) is 21.7. The molecule has 0 unspecified atom stereocenters. The van der Waals surface area contributed by atoms with E-state index in [1.54, 1.807) is 45.9 Å². The molecule has 2 heterocycles. The van der Waals surface area contributed by atoms with Crippen molar-refractivity contribution in [2.75, 3.05) is 10.2 Å². The minimum Gasteiger partial charge on any atom is -0.443 e. The molecule has 0 aliphatic rings. The molecule has 1 amide bonds. The number of rotatable bonds is 5. The highest BCUT2D eigenvalue weighted by molar-refractivity contribution is 5.94. The molecule has 162 valence electrons. The molecule has 3 aromatic rings. The SMILES string of the molecule is Cc1cc(N(C(=O)OC(C)(C)C)c2ccnc(Nc3cc([N+](=O)[O-])ccc3C)n2)n[nH]1. The normalized spacial score (nSPS) is 11.1. The minimum absolute atomic E-state index is 0.0633. The number of aromatic amines is 1. The Morgan fingerprint density at radius 3 is 2.55 bits per heavy atom. The summed E-state index contributed by atoms with van der Waals surface area (Å²) in [4.78, 5) is 33.3. The van der Waals surface area contributed by atoms with E-state index in [9.17, 15) is 14.9 Å². The van der Waals surface area contributed by atoms with Crippen molar-refractivity contribution >= 4 is 35.1 Å². The Bertz CT molecular complexity index is 1120. The quantitative estimate of drug-likeness (QED) is 0.448. The minimum atomic E-state index is -0.727. The summed E-state index contributed by atoms with van der Waals surface area (Å²) in [7, 11) is 0. The molecule has 2 N–H and O–H groups in total. The Morgan fingerprint density at radius 1 is 1.19 bits per heavy atom. The molecule has 0 fully saturated rings. The molecule has 2 aromatic heterocycles. The summed E-state index contributed by atoms with van der Waals surface area (Å²) >= 11 is 0. The number of carbonyl (C=O) groups excluding carboxylic acids is 1. The van der Waals surface area contributed by atoms with Crippen LogP contribution < -0.4 is 10.2 Å². The van der Waals surface area contributed by atoms with Crippen molar-refractivity contribution in [2.24, 2.45) is 0 Å². The van der Waals surface area contributed by atoms with Crippen molar-refractivity contribution in [1.82, 2.24) is 20.2 Å². The van der Waals surface area contributed by atoms with E-state index in [4.69, 9.17) is 4.74 Å². The Morgan fingerprint density at radius 2 is 1.94 bits per heavy atom. The van der Waals surface area contributed by atoms with Crippen molar-refractivity contribution in [3.05, 3.63) is 57.9 Å². The van der Waals surface area contributed by atoms with E-state index in [1.807, 2.05) is 6.92 Å². The number of nitro groups is 1. The summed E-state index contributed by atoms with van der Waals surface area (Å²) in [5, 5.41) is 21.0. The average molecular weight is 425 g/mol. The second-order valence-electron chi connectivity index (χ2n) is 7.84. The molecule has 1 aromatic carbocycles. The fourth-order valence-electron chi connectivity index (χ4n) is 2.64. The maximum Gasteiger partial charge on any atom is 0.422 e. The van der Waals surface area contributed by atoms with Gasteiger partial charge in [-0.1, -0.05) is 6.07 Å². The molecular formula is C20H23N7O4. The monoisotopic (exact) mass is 425 g/mol. The van der Waals surface area contributed by atoms with Crippen LogP contribution >= 0.6 is 0 Å². The molecule has 0 aliphatic carbocycles. The van der Waals surface area contributed by atoms with Crippen molar-refractivity contribution in [3.8, 4) is 0 Å². The standard InChI is InChI=1S/C20H23N7O4/c1-12-6-7-14(27(29)30)11-15(12)22-18-21-9-8-16(23-18)26(17-10-13(2)24-25-17)19(28)31-20(3,4)5/h6-11H,1-5H3,(H,24,25)(H,21,22,23). The number of hydrogen-bond acceptors (Lipinski definition) is 8. The zero-order valence-corrected chi connectivity index (χ0v) is 17.8. The second-order valence-corrected chi connectivity index (χ2v) is 7.84. The molecule has 0 saturated carbocycles. The Balaban J connectivity index is 1.97. The number of aryl methyl sites for hydroxylation is 2. The number of amides is 1. The summed E-state index contributed by atoms with van der Waals surface area (Å²) in [6.45, 7) is 8.89. The van der Waals surface area contributed by atoms with Crippen LogP contribution in [0.4, 0.5) is 33.8 Å². The van der Waals surface area contributed by atoms with Gasteiger partial charge in [0.2, 0.25) is 5.95 Å². The highest BCUT2D eigenvalue weighted by Crippen LogP contribution is 2.28. The van der Waals surface area contributed by atoms with E-state index >= 15 is 0 Å². The number of anilines is 4. The number of hydrogen-bond donors (Lipinski definition) is 2. The maximum absolute atomic E-state index is 12.9. The van der Waals surface area contributed by atoms with Crippen LogP contribution in [0.2, 0.25) is 0 Å². The van der Waals surface area contributed by atoms with Crippen LogP contribution in [-0.4, -0.2) is 36.8 Å². The van der Waals surface area contributed by atoms with Crippen LogP contribution in [0.1, 0.15) is 32.0 Å². The third kappa shape index (κ3) is 5.32. The van der Waals surface area contributed by atoms with Gasteiger partial charge in [0.15, 0.2) is 5.82 Å². The first-order valence-corrected chi connectivity index (χ1v) is 9.44. The Hall–Kier alpha value is -4.02. The zero-order chi connectivity index (χ0) is 22.8. The van der Waals surface area contributed by atoms with E-state index in [0.29, 0.717) is 11.5 Å². The number of non-ortho nitro benzene ring substituents is 1. The van der Waals surface area contributed by atoms with Crippen molar-refractivity contribution in [2.45, 2.75) is 40.2 Å². The molecule has 0 aliphatic heterocycles. The van der Waals surface area contributed by atoms with Gasteiger partial charge < -0.3 is 10.1 Å². The highest BCUT2D eigenvalue weighted by Gasteiger charge is 2.28. The summed E-state index contributed by atoms with van der Waals surface area (Å²) in [5.74, 6) is 0.686. The number of ether oxygens (including phenoxy) is 1. The number of benzene rings is 1. The third-order valence-electron chi connectivity index (χ3n) is 4.05. The van der Waals surface area contributed by atoms with Crippen LogP contribution in [0.15, 0.2) is 36.5 Å². The molecule has 0 atom stereocenters. The lowest BCUT2D eigenvalue weighted by atomic mass is 10.2. The molecule has 11 heteroatoms. The first-order valence-electron chi connectivity index (χ1n) is 9.44. The van der Waals surface area contributed by atoms with Crippen LogP contribution in [-0.2, 0) is 4.74 Å². The fourth-order valence-corrected chi connectivity index (χ4v) is 2.64. The molecule has 0 spiro atoms. The number of nitrogens with zero attached hydrogens (tertiary/aromatic N) is 5. The third-order valence-corrected chi connectivity index (χ3v) is 4.05. The van der Waals surface area contributed by atoms with Crippen molar-refractivity contribution in [1.29, 1.82) is 0 Å². The van der Waals surface area contributed by atoms with Gasteiger partial charge in [-0.3, -0.25) is 15.2 Å². The van der Waals surface area contributed by atoms with E-state index < -0.39 is 16.6 Å². The lowest BCUT2D eigenvalue weighted by molar-refractivity contribution is -0.384. The molecule has 0 saturated heterocycles. The summed E-state index contributed by atoms with van der Waals surface area (Å²) in [6.07, 6.45) is 0.809. The number of aromatic nitrogens is 4. The summed E-state index contributed by atoms with van der Waals surface area (Å²) in [6, 6.07) is 7.67. The summed E-state index contributed by atoms with van der Waals surface area (Å²) < 4.78 is 5.51. The van der Waals surface area contributed by atoms with Crippen molar-refractivity contribution < 1.29 is 14.5 Å². The van der Waals surface area contributed by atoms with Crippen LogP contribution in [0, 0.1) is 24.0 Å². The maximum atomic E-state index is 12.9. The van der Waals surface area contributed by atoms with Gasteiger partial charge in [0.25, 0.3) is 5.69 Å². The van der Waals surface area contributed by atoms with Gasteiger partial charge in [-0.25, -0.2) is 14.7 Å². The van der Waals surface area contributed by atoms with E-state index in [2.05, 4.69) is 25.5 Å². The van der Waals surface area contributed by atoms with Gasteiger partial charge in [-0.2, -0.15) is 10.1 Å². The second kappa shape index (κ2) is 8.38. The predicted octanol–water partition coefficient (Wildman–Crippen LogP) is 4.54. The molecular weight excluding hydrogens is 402 g/mol. The van der Waals surface area contributed by atoms with Crippen LogP contribution in [0.3, 0.4) is 0 Å². The molecule has 31 heavy (non-hydrogen) atoms. The Kier molecular flexibility index (Phi) is 5.86. The molecule has 0 bridgehead atoms. The number of carbonyl (C=O) groups is 1. The van der Waals surface area contributed by atoms with Crippen LogP contribution in [0.5, 0.6) is 0 Å². The first-order chi connectivity index (χ1) is 14.5. The predicted molar refractivity (Wildman–Crippen MR) is 115 cm³/mol. The van der Waals surface area contributed by atoms with Gasteiger partial charge in [0.1, 0.15) is 11.4 Å². The van der Waals surface area contributed by atoms with Gasteiger partial charge in [-0.05, 0) is 40.2 Å².